The van der Waals surface area contributed by atoms with Crippen molar-refractivity contribution >= 4 is 17.6 Å². The number of fused-ring (bicyclic) bond motifs is 1. The Kier molecular flexibility index (Phi) is 5.16. The molecule has 1 heterocycles. The lowest BCUT2D eigenvalue weighted by Crippen LogP contribution is -2.29. The van der Waals surface area contributed by atoms with E-state index in [0.717, 1.165) is 44.5 Å². The van der Waals surface area contributed by atoms with Crippen LogP contribution in [0.25, 0.3) is 0 Å². The minimum absolute atomic E-state index is 0.191. The predicted molar refractivity (Wildman–Crippen MR) is 93.6 cm³/mol. The summed E-state index contributed by atoms with van der Waals surface area (Å²) in [7, 11) is 0. The number of carbonyl (C=O) groups excluding carboxylic acids is 1. The van der Waals surface area contributed by atoms with Gasteiger partial charge in [0.2, 0.25) is 5.91 Å². The van der Waals surface area contributed by atoms with Crippen molar-refractivity contribution in [2.45, 2.75) is 44.9 Å². The van der Waals surface area contributed by atoms with Gasteiger partial charge < -0.3 is 16.0 Å². The Hall–Kier alpha value is -2.04. The van der Waals surface area contributed by atoms with E-state index in [-0.39, 0.29) is 5.91 Å². The molecule has 0 atom stereocenters. The molecule has 1 aliphatic carbocycles. The first kappa shape index (κ1) is 15.8. The molecule has 0 unspecified atom stereocenters. The monoisotopic (exact) mass is 314 g/mol. The summed E-state index contributed by atoms with van der Waals surface area (Å²) < 4.78 is 0. The Bertz CT molecular complexity index is 591. The minimum atomic E-state index is 0.191. The van der Waals surface area contributed by atoms with Gasteiger partial charge in [0.15, 0.2) is 5.96 Å². The zero-order valence-electron chi connectivity index (χ0n) is 13.7. The van der Waals surface area contributed by atoms with Crippen molar-refractivity contribution in [3.63, 3.8) is 0 Å². The van der Waals surface area contributed by atoms with Crippen LogP contribution in [0.1, 0.15) is 43.2 Å². The van der Waals surface area contributed by atoms with Crippen molar-refractivity contribution in [1.82, 2.24) is 4.90 Å². The van der Waals surface area contributed by atoms with E-state index in [9.17, 15) is 4.79 Å². The van der Waals surface area contributed by atoms with E-state index in [4.69, 9.17) is 5.73 Å². The fraction of sp³-hybridized carbons (Fsp3) is 0.556. The third kappa shape index (κ3) is 4.03. The van der Waals surface area contributed by atoms with E-state index in [1.807, 2.05) is 4.90 Å². The van der Waals surface area contributed by atoms with Crippen molar-refractivity contribution in [2.24, 2.45) is 10.7 Å². The largest absolute Gasteiger partial charge is 0.370 e. The van der Waals surface area contributed by atoms with E-state index in [2.05, 4.69) is 28.5 Å². The number of hydrogen-bond donors (Lipinski definition) is 2. The van der Waals surface area contributed by atoms with E-state index < -0.39 is 0 Å². The van der Waals surface area contributed by atoms with Gasteiger partial charge in [-0.15, -0.1) is 0 Å². The van der Waals surface area contributed by atoms with Gasteiger partial charge in [0.05, 0.1) is 6.54 Å². The summed E-state index contributed by atoms with van der Waals surface area (Å²) in [6, 6.07) is 6.32. The van der Waals surface area contributed by atoms with E-state index in [1.54, 1.807) is 0 Å². The second kappa shape index (κ2) is 7.49. The van der Waals surface area contributed by atoms with Crippen molar-refractivity contribution in [2.75, 3.05) is 25.0 Å². The summed E-state index contributed by atoms with van der Waals surface area (Å²) >= 11 is 0. The normalized spacial score (nSPS) is 17.9. The Morgan fingerprint density at radius 2 is 1.96 bits per heavy atom. The van der Waals surface area contributed by atoms with Gasteiger partial charge >= 0.3 is 0 Å². The van der Waals surface area contributed by atoms with Crippen LogP contribution in [0.2, 0.25) is 0 Å². The summed E-state index contributed by atoms with van der Waals surface area (Å²) in [5.74, 6) is 0.592. The molecule has 3 rings (SSSR count). The lowest BCUT2D eigenvalue weighted by atomic mass is 9.90. The van der Waals surface area contributed by atoms with Crippen molar-refractivity contribution in [1.29, 1.82) is 0 Å². The van der Waals surface area contributed by atoms with Gasteiger partial charge in [-0.1, -0.05) is 12.1 Å². The number of guanidine groups is 1. The zero-order valence-corrected chi connectivity index (χ0v) is 13.7. The molecule has 0 aromatic heterocycles. The molecule has 0 bridgehead atoms. The molecular formula is C18H26N4O. The van der Waals surface area contributed by atoms with Gasteiger partial charge in [-0.2, -0.15) is 0 Å². The topological polar surface area (TPSA) is 70.7 Å². The molecule has 1 saturated heterocycles. The molecule has 1 aromatic carbocycles. The average molecular weight is 314 g/mol. The first-order chi connectivity index (χ1) is 11.2. The summed E-state index contributed by atoms with van der Waals surface area (Å²) in [4.78, 5) is 18.2. The summed E-state index contributed by atoms with van der Waals surface area (Å²) in [6.07, 6.45) is 7.42. The molecule has 0 radical (unpaired) electrons. The third-order valence-corrected chi connectivity index (χ3v) is 4.73. The maximum Gasteiger partial charge on any atom is 0.224 e. The fourth-order valence-electron chi connectivity index (χ4n) is 3.47. The third-order valence-electron chi connectivity index (χ3n) is 4.73. The number of hydrogen-bond acceptors (Lipinski definition) is 2. The molecular weight excluding hydrogens is 288 g/mol. The van der Waals surface area contributed by atoms with Gasteiger partial charge in [-0.3, -0.25) is 9.79 Å². The molecule has 124 valence electrons. The number of anilines is 1. The second-order valence-electron chi connectivity index (χ2n) is 6.38. The highest BCUT2D eigenvalue weighted by atomic mass is 16.2. The van der Waals surface area contributed by atoms with Crippen LogP contribution in [0.3, 0.4) is 0 Å². The van der Waals surface area contributed by atoms with Gasteiger partial charge in [0.1, 0.15) is 0 Å². The number of likely N-dealkylation sites (tertiary alicyclic amines) is 1. The first-order valence-electron chi connectivity index (χ1n) is 8.69. The second-order valence-corrected chi connectivity index (χ2v) is 6.38. The molecule has 1 fully saturated rings. The standard InChI is InChI=1S/C18H26N4O/c19-18(20-11-10-17(23)22-12-3-4-13-22)21-16-9-5-7-14-6-1-2-8-15(14)16/h5,7,9H,1-4,6,8,10-13H2,(H3,19,20,21). The summed E-state index contributed by atoms with van der Waals surface area (Å²) in [5, 5.41) is 3.22. The Morgan fingerprint density at radius 1 is 1.17 bits per heavy atom. The number of nitrogens with zero attached hydrogens (tertiary/aromatic N) is 2. The molecule has 0 spiro atoms. The Morgan fingerprint density at radius 3 is 2.78 bits per heavy atom. The molecule has 0 saturated carbocycles. The number of aryl methyl sites for hydroxylation is 1. The van der Waals surface area contributed by atoms with Gasteiger partial charge in [0.25, 0.3) is 0 Å². The van der Waals surface area contributed by atoms with E-state index in [0.29, 0.717) is 18.9 Å². The Balaban J connectivity index is 1.54. The smallest absolute Gasteiger partial charge is 0.224 e. The van der Waals surface area contributed by atoms with Crippen LogP contribution in [0, 0.1) is 0 Å². The quantitative estimate of drug-likeness (QED) is 0.662. The lowest BCUT2D eigenvalue weighted by molar-refractivity contribution is -0.129. The number of rotatable bonds is 4. The number of nitrogens with one attached hydrogen (secondary N) is 1. The molecule has 23 heavy (non-hydrogen) atoms. The maximum atomic E-state index is 12.0. The van der Waals surface area contributed by atoms with Gasteiger partial charge in [0, 0.05) is 25.2 Å². The molecule has 5 heteroatoms. The van der Waals surface area contributed by atoms with Gasteiger partial charge in [-0.25, -0.2) is 0 Å². The van der Waals surface area contributed by atoms with Crippen LogP contribution in [-0.2, 0) is 17.6 Å². The highest BCUT2D eigenvalue weighted by Gasteiger charge is 2.17. The van der Waals surface area contributed by atoms with E-state index >= 15 is 0 Å². The van der Waals surface area contributed by atoms with Gasteiger partial charge in [-0.05, 0) is 55.7 Å². The number of aliphatic imine (C=N–C) groups is 1. The highest BCUT2D eigenvalue weighted by Crippen LogP contribution is 2.27. The minimum Gasteiger partial charge on any atom is -0.370 e. The van der Waals surface area contributed by atoms with E-state index in [1.165, 1.54) is 24.0 Å². The molecule has 3 N–H and O–H groups in total. The molecule has 5 nitrogen and oxygen atoms in total. The highest BCUT2D eigenvalue weighted by molar-refractivity contribution is 5.93. The Labute approximate surface area is 138 Å². The maximum absolute atomic E-state index is 12.0. The predicted octanol–water partition coefficient (Wildman–Crippen LogP) is 2.30. The van der Waals surface area contributed by atoms with Crippen molar-refractivity contribution < 1.29 is 4.79 Å². The fourth-order valence-corrected chi connectivity index (χ4v) is 3.47. The summed E-state index contributed by atoms with van der Waals surface area (Å²) in [5.41, 5.74) is 9.84. The number of benzene rings is 1. The molecule has 1 amide bonds. The van der Waals surface area contributed by atoms with Crippen LogP contribution < -0.4 is 11.1 Å². The number of amides is 1. The zero-order chi connectivity index (χ0) is 16.1. The van der Waals surface area contributed by atoms with Crippen molar-refractivity contribution in [3.8, 4) is 0 Å². The number of nitrogens with two attached hydrogens (primary N) is 1. The van der Waals surface area contributed by atoms with Crippen LogP contribution >= 0.6 is 0 Å². The first-order valence-corrected chi connectivity index (χ1v) is 8.69. The van der Waals surface area contributed by atoms with Crippen LogP contribution in [0.4, 0.5) is 5.69 Å². The lowest BCUT2D eigenvalue weighted by Gasteiger charge is -2.20. The van der Waals surface area contributed by atoms with Crippen molar-refractivity contribution in [3.05, 3.63) is 29.3 Å². The molecule has 1 aromatic rings. The molecule has 1 aliphatic heterocycles. The summed E-state index contributed by atoms with van der Waals surface area (Å²) in [6.45, 7) is 2.24. The van der Waals surface area contributed by atoms with Crippen LogP contribution in [0.15, 0.2) is 23.2 Å². The van der Waals surface area contributed by atoms with Crippen LogP contribution in [0.5, 0.6) is 0 Å². The number of carbonyl (C=O) groups is 1. The molecule has 2 aliphatic rings. The van der Waals surface area contributed by atoms with Crippen LogP contribution in [-0.4, -0.2) is 36.4 Å². The SMILES string of the molecule is NC(=NCCC(=O)N1CCCC1)Nc1cccc2c1CCCC2. The average Bonchev–Trinajstić information content (AvgIpc) is 3.10.